The molecule has 8 heteroatoms. The predicted octanol–water partition coefficient (Wildman–Crippen LogP) is 0.583. The number of nitrogens with one attached hydrogen (secondary N) is 1. The van der Waals surface area contributed by atoms with Gasteiger partial charge in [0, 0.05) is 11.8 Å². The van der Waals surface area contributed by atoms with Crippen molar-refractivity contribution >= 4 is 11.9 Å². The molecule has 0 unspecified atom stereocenters. The number of para-hydroxylation sites is 1. The topological polar surface area (TPSA) is 90.3 Å². The van der Waals surface area contributed by atoms with Crippen molar-refractivity contribution in [2.24, 2.45) is 0 Å². The highest BCUT2D eigenvalue weighted by atomic mass is 19.1. The van der Waals surface area contributed by atoms with E-state index in [9.17, 15) is 18.8 Å². The number of amides is 1. The van der Waals surface area contributed by atoms with Crippen molar-refractivity contribution in [2.75, 3.05) is 13.7 Å². The Labute approximate surface area is 130 Å². The quantitative estimate of drug-likeness (QED) is 0.833. The van der Waals surface area contributed by atoms with Crippen LogP contribution in [0.5, 0.6) is 0 Å². The molecule has 0 bridgehead atoms. The van der Waals surface area contributed by atoms with Gasteiger partial charge in [0.25, 0.3) is 5.91 Å². The fourth-order valence-electron chi connectivity index (χ4n) is 1.88. The number of benzene rings is 1. The number of halogens is 1. The first-order valence-electron chi connectivity index (χ1n) is 6.65. The van der Waals surface area contributed by atoms with Crippen molar-refractivity contribution in [3.8, 4) is 5.69 Å². The lowest BCUT2D eigenvalue weighted by molar-refractivity contribution is -0.139. The van der Waals surface area contributed by atoms with Gasteiger partial charge in [0.1, 0.15) is 18.0 Å². The summed E-state index contributed by atoms with van der Waals surface area (Å²) in [5.74, 6) is -2.06. The van der Waals surface area contributed by atoms with E-state index in [1.165, 1.54) is 31.4 Å². The Morgan fingerprint density at radius 2 is 2.04 bits per heavy atom. The van der Waals surface area contributed by atoms with Crippen LogP contribution in [0.2, 0.25) is 0 Å². The van der Waals surface area contributed by atoms with E-state index in [0.717, 1.165) is 4.68 Å². The maximum atomic E-state index is 13.9. The third-order valence-corrected chi connectivity index (χ3v) is 3.02. The van der Waals surface area contributed by atoms with Gasteiger partial charge in [-0.05, 0) is 19.1 Å². The average molecular weight is 319 g/mol. The summed E-state index contributed by atoms with van der Waals surface area (Å²) in [4.78, 5) is 34.9. The predicted molar refractivity (Wildman–Crippen MR) is 78.9 cm³/mol. The molecular formula is C15H14FN3O4. The molecule has 7 nitrogen and oxygen atoms in total. The molecule has 1 amide bonds. The molecule has 1 heterocycles. The molecule has 23 heavy (non-hydrogen) atoms. The molecule has 0 fully saturated rings. The summed E-state index contributed by atoms with van der Waals surface area (Å²) in [6, 6.07) is 7.00. The van der Waals surface area contributed by atoms with E-state index < -0.39 is 35.4 Å². The van der Waals surface area contributed by atoms with E-state index >= 15 is 0 Å². The van der Waals surface area contributed by atoms with Gasteiger partial charge < -0.3 is 10.1 Å². The Morgan fingerprint density at radius 1 is 1.35 bits per heavy atom. The molecule has 1 aromatic heterocycles. The third kappa shape index (κ3) is 3.60. The Bertz CT molecular complexity index is 817. The second kappa shape index (κ2) is 6.82. The lowest BCUT2D eigenvalue weighted by Gasteiger charge is -2.11. The molecule has 1 aromatic carbocycles. The largest absolute Gasteiger partial charge is 0.468 e. The SMILES string of the molecule is COC(=O)CNC(=O)c1nn(-c2ccccc2F)c(C)cc1=O. The van der Waals surface area contributed by atoms with Gasteiger partial charge in [0.05, 0.1) is 7.11 Å². The first-order chi connectivity index (χ1) is 10.9. The molecule has 0 atom stereocenters. The van der Waals surface area contributed by atoms with Crippen LogP contribution in [0.3, 0.4) is 0 Å². The number of esters is 1. The molecule has 0 aliphatic heterocycles. The van der Waals surface area contributed by atoms with E-state index in [0.29, 0.717) is 5.69 Å². The van der Waals surface area contributed by atoms with Crippen LogP contribution in [0.25, 0.3) is 5.69 Å². The number of hydrogen-bond donors (Lipinski definition) is 1. The van der Waals surface area contributed by atoms with Crippen molar-refractivity contribution in [3.63, 3.8) is 0 Å². The summed E-state index contributed by atoms with van der Waals surface area (Å²) < 4.78 is 19.4. The number of carbonyl (C=O) groups excluding carboxylic acids is 2. The Kier molecular flexibility index (Phi) is 4.85. The van der Waals surface area contributed by atoms with E-state index in [4.69, 9.17) is 0 Å². The van der Waals surface area contributed by atoms with Crippen molar-refractivity contribution in [3.05, 3.63) is 57.8 Å². The first-order valence-corrected chi connectivity index (χ1v) is 6.65. The van der Waals surface area contributed by atoms with Crippen LogP contribution in [-0.2, 0) is 9.53 Å². The van der Waals surface area contributed by atoms with Crippen LogP contribution in [-0.4, -0.2) is 35.3 Å². The van der Waals surface area contributed by atoms with E-state index in [2.05, 4.69) is 15.2 Å². The Hall–Kier alpha value is -3.03. The zero-order valence-corrected chi connectivity index (χ0v) is 12.5. The minimum absolute atomic E-state index is 0.104. The second-order valence-electron chi connectivity index (χ2n) is 4.62. The van der Waals surface area contributed by atoms with Crippen LogP contribution < -0.4 is 10.7 Å². The number of carbonyl (C=O) groups is 2. The van der Waals surface area contributed by atoms with Gasteiger partial charge >= 0.3 is 5.97 Å². The minimum Gasteiger partial charge on any atom is -0.468 e. The number of aromatic nitrogens is 2. The lowest BCUT2D eigenvalue weighted by Crippen LogP contribution is -2.35. The van der Waals surface area contributed by atoms with Crippen LogP contribution in [0.15, 0.2) is 35.1 Å². The first kappa shape index (κ1) is 16.3. The van der Waals surface area contributed by atoms with Crippen molar-refractivity contribution in [1.82, 2.24) is 15.1 Å². The monoisotopic (exact) mass is 319 g/mol. The van der Waals surface area contributed by atoms with E-state index in [-0.39, 0.29) is 5.69 Å². The van der Waals surface area contributed by atoms with Crippen LogP contribution in [0.4, 0.5) is 4.39 Å². The zero-order chi connectivity index (χ0) is 17.0. The highest BCUT2D eigenvalue weighted by molar-refractivity contribution is 5.94. The third-order valence-electron chi connectivity index (χ3n) is 3.02. The molecule has 120 valence electrons. The molecular weight excluding hydrogens is 305 g/mol. The Morgan fingerprint density at radius 3 is 2.70 bits per heavy atom. The number of aryl methyl sites for hydroxylation is 1. The molecule has 0 aliphatic rings. The van der Waals surface area contributed by atoms with Gasteiger partial charge in [-0.1, -0.05) is 12.1 Å². The maximum absolute atomic E-state index is 13.9. The molecule has 1 N–H and O–H groups in total. The standard InChI is InChI=1S/C15H14FN3O4/c1-9-7-12(20)14(15(22)17-8-13(21)23-2)18-19(9)11-6-4-3-5-10(11)16/h3-7H,8H2,1-2H3,(H,17,22). The molecule has 0 radical (unpaired) electrons. The van der Waals surface area contributed by atoms with Gasteiger partial charge in [-0.15, -0.1) is 0 Å². The summed E-state index contributed by atoms with van der Waals surface area (Å²) in [6.45, 7) is 1.17. The van der Waals surface area contributed by atoms with Crippen LogP contribution in [0.1, 0.15) is 16.2 Å². The summed E-state index contributed by atoms with van der Waals surface area (Å²) in [5, 5.41) is 6.13. The average Bonchev–Trinajstić information content (AvgIpc) is 2.53. The van der Waals surface area contributed by atoms with Crippen LogP contribution in [0, 0.1) is 12.7 Å². The summed E-state index contributed by atoms with van der Waals surface area (Å²) in [6.07, 6.45) is 0. The van der Waals surface area contributed by atoms with Crippen molar-refractivity contribution in [1.29, 1.82) is 0 Å². The molecule has 0 aliphatic carbocycles. The summed E-state index contributed by atoms with van der Waals surface area (Å²) in [5.41, 5.74) is -0.600. The van der Waals surface area contributed by atoms with Gasteiger partial charge in [0.2, 0.25) is 5.43 Å². The van der Waals surface area contributed by atoms with Gasteiger partial charge in [-0.3, -0.25) is 14.4 Å². The highest BCUT2D eigenvalue weighted by Gasteiger charge is 2.17. The van der Waals surface area contributed by atoms with E-state index in [1.807, 2.05) is 0 Å². The number of rotatable bonds is 4. The number of hydrogen-bond acceptors (Lipinski definition) is 5. The fourth-order valence-corrected chi connectivity index (χ4v) is 1.88. The summed E-state index contributed by atoms with van der Waals surface area (Å²) >= 11 is 0. The van der Waals surface area contributed by atoms with E-state index in [1.54, 1.807) is 13.0 Å². The molecule has 2 rings (SSSR count). The molecule has 0 saturated carbocycles. The number of methoxy groups -OCH3 is 1. The lowest BCUT2D eigenvalue weighted by atomic mass is 10.2. The smallest absolute Gasteiger partial charge is 0.325 e. The zero-order valence-electron chi connectivity index (χ0n) is 12.5. The number of nitrogens with zero attached hydrogens (tertiary/aromatic N) is 2. The highest BCUT2D eigenvalue weighted by Crippen LogP contribution is 2.12. The minimum atomic E-state index is -0.842. The number of ether oxygens (including phenoxy) is 1. The molecule has 0 spiro atoms. The van der Waals surface area contributed by atoms with Crippen molar-refractivity contribution < 1.29 is 18.7 Å². The second-order valence-corrected chi connectivity index (χ2v) is 4.62. The fraction of sp³-hybridized carbons (Fsp3) is 0.200. The maximum Gasteiger partial charge on any atom is 0.325 e. The van der Waals surface area contributed by atoms with Gasteiger partial charge in [-0.25, -0.2) is 9.07 Å². The Balaban J connectivity index is 2.41. The van der Waals surface area contributed by atoms with Crippen molar-refractivity contribution in [2.45, 2.75) is 6.92 Å². The molecule has 0 saturated heterocycles. The normalized spacial score (nSPS) is 10.2. The molecule has 2 aromatic rings. The van der Waals surface area contributed by atoms with Gasteiger partial charge in [0.15, 0.2) is 5.69 Å². The van der Waals surface area contributed by atoms with Crippen LogP contribution >= 0.6 is 0 Å². The van der Waals surface area contributed by atoms with Gasteiger partial charge in [-0.2, -0.15) is 5.10 Å². The summed E-state index contributed by atoms with van der Waals surface area (Å²) in [7, 11) is 1.17.